The second kappa shape index (κ2) is 9.05. The molecule has 0 aromatic heterocycles. The fraction of sp³-hybridized carbons (Fsp3) is 0.300. The van der Waals surface area contributed by atoms with Gasteiger partial charge in [0.15, 0.2) is 0 Å². The predicted molar refractivity (Wildman–Crippen MR) is 103 cm³/mol. The second-order valence-corrected chi connectivity index (χ2v) is 6.12. The number of amides is 2. The van der Waals surface area contributed by atoms with E-state index >= 15 is 0 Å². The average molecular weight is 369 g/mol. The van der Waals surface area contributed by atoms with Crippen LogP contribution in [-0.2, 0) is 9.53 Å². The van der Waals surface area contributed by atoms with Crippen LogP contribution in [0, 0.1) is 0 Å². The maximum atomic E-state index is 12.5. The Labute approximate surface area is 158 Å². The summed E-state index contributed by atoms with van der Waals surface area (Å²) in [5.41, 5.74) is 1.97. The number of anilines is 2. The van der Waals surface area contributed by atoms with E-state index in [4.69, 9.17) is 9.47 Å². The first kappa shape index (κ1) is 18.7. The van der Waals surface area contributed by atoms with E-state index in [1.807, 2.05) is 24.3 Å². The van der Waals surface area contributed by atoms with Gasteiger partial charge in [-0.25, -0.2) is 0 Å². The van der Waals surface area contributed by atoms with Gasteiger partial charge < -0.3 is 25.0 Å². The summed E-state index contributed by atoms with van der Waals surface area (Å²) in [6, 6.07) is 14.3. The SMILES string of the molecule is COc1ccc(NCC(=O)Nc2cccc(C(=O)N3CCOCC3)c2)cc1. The number of ether oxygens (including phenoxy) is 2. The molecule has 0 radical (unpaired) electrons. The standard InChI is InChI=1S/C20H23N3O4/c1-26-18-7-5-16(6-8-18)21-14-19(24)22-17-4-2-3-15(13-17)20(25)23-9-11-27-12-10-23/h2-8,13,21H,9-12,14H2,1H3,(H,22,24). The van der Waals surface area contributed by atoms with E-state index in [1.54, 1.807) is 36.3 Å². The summed E-state index contributed by atoms with van der Waals surface area (Å²) in [5.74, 6) is 0.513. The summed E-state index contributed by atoms with van der Waals surface area (Å²) < 4.78 is 10.4. The molecule has 1 heterocycles. The Kier molecular flexibility index (Phi) is 6.27. The maximum absolute atomic E-state index is 12.5. The molecule has 2 aromatic carbocycles. The summed E-state index contributed by atoms with van der Waals surface area (Å²) in [6.45, 7) is 2.40. The molecule has 2 aromatic rings. The molecule has 1 fully saturated rings. The molecule has 7 nitrogen and oxygen atoms in total. The molecule has 27 heavy (non-hydrogen) atoms. The molecule has 0 atom stereocenters. The van der Waals surface area contributed by atoms with Crippen LogP contribution in [0.25, 0.3) is 0 Å². The second-order valence-electron chi connectivity index (χ2n) is 6.12. The van der Waals surface area contributed by atoms with Crippen molar-refractivity contribution in [3.05, 3.63) is 54.1 Å². The summed E-state index contributed by atoms with van der Waals surface area (Å²) in [6.07, 6.45) is 0. The third kappa shape index (κ3) is 5.21. The van der Waals surface area contributed by atoms with Crippen molar-refractivity contribution in [2.75, 3.05) is 50.6 Å². The lowest BCUT2D eigenvalue weighted by molar-refractivity contribution is -0.114. The predicted octanol–water partition coefficient (Wildman–Crippen LogP) is 2.22. The van der Waals surface area contributed by atoms with E-state index in [-0.39, 0.29) is 18.4 Å². The molecule has 1 saturated heterocycles. The Morgan fingerprint density at radius 3 is 2.52 bits per heavy atom. The van der Waals surface area contributed by atoms with Crippen LogP contribution >= 0.6 is 0 Å². The zero-order chi connectivity index (χ0) is 19.1. The monoisotopic (exact) mass is 369 g/mol. The summed E-state index contributed by atoms with van der Waals surface area (Å²) in [5, 5.41) is 5.86. The van der Waals surface area contributed by atoms with Crippen molar-refractivity contribution in [2.24, 2.45) is 0 Å². The molecule has 7 heteroatoms. The van der Waals surface area contributed by atoms with Crippen molar-refractivity contribution in [1.82, 2.24) is 4.90 Å². The number of benzene rings is 2. The van der Waals surface area contributed by atoms with Crippen LogP contribution in [0.1, 0.15) is 10.4 Å². The van der Waals surface area contributed by atoms with Gasteiger partial charge in [-0.15, -0.1) is 0 Å². The van der Waals surface area contributed by atoms with Crippen LogP contribution in [0.5, 0.6) is 5.75 Å². The van der Waals surface area contributed by atoms with Crippen molar-refractivity contribution in [1.29, 1.82) is 0 Å². The van der Waals surface area contributed by atoms with Gasteiger partial charge in [0.25, 0.3) is 5.91 Å². The summed E-state index contributed by atoms with van der Waals surface area (Å²) >= 11 is 0. The quantitative estimate of drug-likeness (QED) is 0.816. The first-order valence-corrected chi connectivity index (χ1v) is 8.80. The van der Waals surface area contributed by atoms with Crippen LogP contribution in [0.15, 0.2) is 48.5 Å². The normalized spacial score (nSPS) is 13.7. The number of morpholine rings is 1. The highest BCUT2D eigenvalue weighted by atomic mass is 16.5. The number of rotatable bonds is 6. The molecule has 0 saturated carbocycles. The van der Waals surface area contributed by atoms with Crippen molar-refractivity contribution in [2.45, 2.75) is 0 Å². The highest BCUT2D eigenvalue weighted by Gasteiger charge is 2.18. The van der Waals surface area contributed by atoms with E-state index in [2.05, 4.69) is 10.6 Å². The van der Waals surface area contributed by atoms with Gasteiger partial charge in [0.2, 0.25) is 5.91 Å². The highest BCUT2D eigenvalue weighted by Crippen LogP contribution is 2.16. The van der Waals surface area contributed by atoms with E-state index in [0.29, 0.717) is 37.6 Å². The van der Waals surface area contributed by atoms with E-state index in [1.165, 1.54) is 0 Å². The highest BCUT2D eigenvalue weighted by molar-refractivity contribution is 5.98. The minimum atomic E-state index is -0.193. The third-order valence-corrected chi connectivity index (χ3v) is 4.23. The lowest BCUT2D eigenvalue weighted by Gasteiger charge is -2.27. The van der Waals surface area contributed by atoms with Crippen LogP contribution in [0.3, 0.4) is 0 Å². The first-order valence-electron chi connectivity index (χ1n) is 8.80. The zero-order valence-corrected chi connectivity index (χ0v) is 15.2. The Hall–Kier alpha value is -3.06. The Morgan fingerprint density at radius 1 is 1.07 bits per heavy atom. The molecule has 1 aliphatic rings. The molecule has 142 valence electrons. The van der Waals surface area contributed by atoms with Crippen molar-refractivity contribution >= 4 is 23.2 Å². The van der Waals surface area contributed by atoms with Gasteiger partial charge in [0.1, 0.15) is 5.75 Å². The molecule has 2 amide bonds. The topological polar surface area (TPSA) is 79.9 Å². The first-order chi connectivity index (χ1) is 13.2. The van der Waals surface area contributed by atoms with Gasteiger partial charge in [-0.1, -0.05) is 6.07 Å². The van der Waals surface area contributed by atoms with Gasteiger partial charge in [-0.05, 0) is 42.5 Å². The van der Waals surface area contributed by atoms with E-state index in [0.717, 1.165) is 11.4 Å². The van der Waals surface area contributed by atoms with E-state index < -0.39 is 0 Å². The largest absolute Gasteiger partial charge is 0.497 e. The Balaban J connectivity index is 1.55. The Morgan fingerprint density at radius 2 is 1.81 bits per heavy atom. The summed E-state index contributed by atoms with van der Waals surface area (Å²) in [7, 11) is 1.60. The van der Waals surface area contributed by atoms with E-state index in [9.17, 15) is 9.59 Å². The number of carbonyl (C=O) groups is 2. The lowest BCUT2D eigenvalue weighted by Crippen LogP contribution is -2.40. The fourth-order valence-electron chi connectivity index (χ4n) is 2.78. The number of carbonyl (C=O) groups excluding carboxylic acids is 2. The molecule has 3 rings (SSSR count). The summed E-state index contributed by atoms with van der Waals surface area (Å²) in [4.78, 5) is 26.5. The van der Waals surface area contributed by atoms with Gasteiger partial charge in [-0.3, -0.25) is 9.59 Å². The molecule has 0 unspecified atom stereocenters. The van der Waals surface area contributed by atoms with Crippen LogP contribution in [0.4, 0.5) is 11.4 Å². The van der Waals surface area contributed by atoms with Crippen molar-refractivity contribution < 1.29 is 19.1 Å². The molecule has 2 N–H and O–H groups in total. The number of nitrogens with zero attached hydrogens (tertiary/aromatic N) is 1. The zero-order valence-electron chi connectivity index (χ0n) is 15.2. The molecular formula is C20H23N3O4. The van der Waals surface area contributed by atoms with Gasteiger partial charge in [0.05, 0.1) is 26.9 Å². The average Bonchev–Trinajstić information content (AvgIpc) is 2.73. The smallest absolute Gasteiger partial charge is 0.254 e. The maximum Gasteiger partial charge on any atom is 0.254 e. The Bertz CT molecular complexity index is 786. The van der Waals surface area contributed by atoms with Crippen molar-refractivity contribution in [3.8, 4) is 5.75 Å². The van der Waals surface area contributed by atoms with Gasteiger partial charge in [0, 0.05) is 30.0 Å². The number of methoxy groups -OCH3 is 1. The lowest BCUT2D eigenvalue weighted by atomic mass is 10.1. The molecular weight excluding hydrogens is 346 g/mol. The van der Waals surface area contributed by atoms with Crippen LogP contribution in [-0.4, -0.2) is 56.7 Å². The van der Waals surface area contributed by atoms with Crippen molar-refractivity contribution in [3.63, 3.8) is 0 Å². The van der Waals surface area contributed by atoms with Crippen LogP contribution < -0.4 is 15.4 Å². The van der Waals surface area contributed by atoms with Crippen LogP contribution in [0.2, 0.25) is 0 Å². The number of hydrogen-bond donors (Lipinski definition) is 2. The molecule has 0 bridgehead atoms. The van der Waals surface area contributed by atoms with Gasteiger partial charge in [-0.2, -0.15) is 0 Å². The number of hydrogen-bond acceptors (Lipinski definition) is 5. The third-order valence-electron chi connectivity index (χ3n) is 4.23. The fourth-order valence-corrected chi connectivity index (χ4v) is 2.78. The molecule has 0 spiro atoms. The minimum absolute atomic E-state index is 0.0502. The minimum Gasteiger partial charge on any atom is -0.497 e. The number of nitrogens with one attached hydrogen (secondary N) is 2. The molecule has 1 aliphatic heterocycles. The van der Waals surface area contributed by atoms with Gasteiger partial charge >= 0.3 is 0 Å². The molecule has 0 aliphatic carbocycles.